The summed E-state index contributed by atoms with van der Waals surface area (Å²) in [5.41, 5.74) is 4.35. The van der Waals surface area contributed by atoms with Gasteiger partial charge in [0, 0.05) is 58.1 Å². The van der Waals surface area contributed by atoms with Crippen LogP contribution in [0.15, 0.2) is 67.0 Å². The third-order valence-corrected chi connectivity index (χ3v) is 6.76. The highest BCUT2D eigenvalue weighted by molar-refractivity contribution is 5.96. The highest BCUT2D eigenvalue weighted by atomic mass is 16.5. The van der Waals surface area contributed by atoms with E-state index < -0.39 is 0 Å². The molecule has 0 radical (unpaired) electrons. The lowest BCUT2D eigenvalue weighted by Gasteiger charge is -2.25. The molecule has 2 aromatic carbocycles. The lowest BCUT2D eigenvalue weighted by molar-refractivity contribution is 0.0770. The number of nitrogens with zero attached hydrogens (tertiary/aromatic N) is 4. The average Bonchev–Trinajstić information content (AvgIpc) is 3.22. The Morgan fingerprint density at radius 1 is 0.917 bits per heavy atom. The van der Waals surface area contributed by atoms with Gasteiger partial charge in [-0.15, -0.1) is 0 Å². The van der Waals surface area contributed by atoms with Crippen LogP contribution in [-0.2, 0) is 20.0 Å². The minimum absolute atomic E-state index is 0.117. The minimum Gasteiger partial charge on any atom is -0.488 e. The van der Waals surface area contributed by atoms with Crippen molar-refractivity contribution in [3.63, 3.8) is 0 Å². The van der Waals surface area contributed by atoms with Crippen molar-refractivity contribution in [1.29, 1.82) is 0 Å². The number of rotatable bonds is 3. The van der Waals surface area contributed by atoms with Crippen molar-refractivity contribution in [2.75, 3.05) is 33.3 Å². The molecule has 0 N–H and O–H groups in total. The van der Waals surface area contributed by atoms with Crippen LogP contribution in [-0.4, -0.2) is 58.5 Å². The largest absolute Gasteiger partial charge is 0.488 e. The van der Waals surface area contributed by atoms with E-state index in [4.69, 9.17) is 9.47 Å². The van der Waals surface area contributed by atoms with E-state index in [0.717, 1.165) is 13.0 Å². The summed E-state index contributed by atoms with van der Waals surface area (Å²) in [6.45, 7) is 5.47. The fraction of sp³-hybridized carbons (Fsp3) is 0.310. The van der Waals surface area contributed by atoms with Gasteiger partial charge >= 0.3 is 0 Å². The van der Waals surface area contributed by atoms with Gasteiger partial charge in [0.2, 0.25) is 5.88 Å². The molecule has 1 amide bonds. The number of pyridine rings is 1. The normalized spacial score (nSPS) is 15.2. The molecule has 0 spiro atoms. The number of para-hydroxylation sites is 3. The van der Waals surface area contributed by atoms with E-state index in [-0.39, 0.29) is 11.8 Å². The van der Waals surface area contributed by atoms with Gasteiger partial charge in [0.15, 0.2) is 11.5 Å². The molecular formula is C29H32N4O3. The zero-order valence-electron chi connectivity index (χ0n) is 21.1. The van der Waals surface area contributed by atoms with Crippen LogP contribution in [0.2, 0.25) is 0 Å². The summed E-state index contributed by atoms with van der Waals surface area (Å²) in [4.78, 5) is 21.7. The van der Waals surface area contributed by atoms with Gasteiger partial charge in [-0.1, -0.05) is 37.3 Å². The van der Waals surface area contributed by atoms with Crippen molar-refractivity contribution in [1.82, 2.24) is 19.4 Å². The van der Waals surface area contributed by atoms with Crippen molar-refractivity contribution < 1.29 is 14.3 Å². The Bertz CT molecular complexity index is 1380. The van der Waals surface area contributed by atoms with Crippen LogP contribution in [0.4, 0.5) is 0 Å². The molecule has 4 aromatic rings. The summed E-state index contributed by atoms with van der Waals surface area (Å²) in [5, 5.41) is 1.28. The lowest BCUT2D eigenvalue weighted by atomic mass is 10.1. The predicted molar refractivity (Wildman–Crippen MR) is 141 cm³/mol. The lowest BCUT2D eigenvalue weighted by Crippen LogP contribution is -2.37. The first-order valence-electron chi connectivity index (χ1n) is 12.4. The minimum atomic E-state index is -0.117. The molecule has 186 valence electrons. The van der Waals surface area contributed by atoms with E-state index in [1.165, 1.54) is 22.0 Å². The molecule has 36 heavy (non-hydrogen) atoms. The van der Waals surface area contributed by atoms with Crippen LogP contribution in [0.3, 0.4) is 0 Å². The molecule has 1 aliphatic rings. The molecule has 7 nitrogen and oxygen atoms in total. The Labute approximate surface area is 211 Å². The van der Waals surface area contributed by atoms with Crippen LogP contribution in [0, 0.1) is 0 Å². The van der Waals surface area contributed by atoms with Gasteiger partial charge in [-0.05, 0) is 41.8 Å². The number of hydrogen-bond acceptors (Lipinski definition) is 5. The molecule has 0 bridgehead atoms. The second-order valence-electron chi connectivity index (χ2n) is 9.19. The summed E-state index contributed by atoms with van der Waals surface area (Å²) in [6, 6.07) is 17.6. The third-order valence-electron chi connectivity index (χ3n) is 6.76. The number of fused-ring (bicyclic) bond motifs is 3. The third kappa shape index (κ3) is 4.79. The molecular weight excluding hydrogens is 452 g/mol. The first-order valence-corrected chi connectivity index (χ1v) is 12.4. The Hall–Kier alpha value is -3.84. The first-order chi connectivity index (χ1) is 17.5. The number of benzene rings is 2. The van der Waals surface area contributed by atoms with Gasteiger partial charge in [-0.25, -0.2) is 4.98 Å². The summed E-state index contributed by atoms with van der Waals surface area (Å²) in [5.74, 6) is 1.34. The van der Waals surface area contributed by atoms with E-state index in [1.54, 1.807) is 23.2 Å². The average molecular weight is 485 g/mol. The number of hydrogen-bond donors (Lipinski definition) is 0. The summed E-state index contributed by atoms with van der Waals surface area (Å²) in [7, 11) is 3.94. The second kappa shape index (κ2) is 10.4. The van der Waals surface area contributed by atoms with E-state index in [9.17, 15) is 4.79 Å². The topological polar surface area (TPSA) is 59.8 Å². The summed E-state index contributed by atoms with van der Waals surface area (Å²) >= 11 is 0. The molecule has 0 unspecified atom stereocenters. The molecule has 2 aromatic heterocycles. The van der Waals surface area contributed by atoms with E-state index in [0.29, 0.717) is 43.3 Å². The highest BCUT2D eigenvalue weighted by Gasteiger charge is 2.21. The van der Waals surface area contributed by atoms with Gasteiger partial charge in [0.25, 0.3) is 5.91 Å². The Balaban J connectivity index is 1.45. The maximum atomic E-state index is 13.3. The number of carbonyl (C=O) groups excluding carboxylic acids is 1. The summed E-state index contributed by atoms with van der Waals surface area (Å²) in [6.07, 6.45) is 4.85. The van der Waals surface area contributed by atoms with E-state index >= 15 is 0 Å². The van der Waals surface area contributed by atoms with Crippen LogP contribution in [0.25, 0.3) is 10.9 Å². The molecule has 5 rings (SSSR count). The van der Waals surface area contributed by atoms with Gasteiger partial charge in [-0.2, -0.15) is 0 Å². The number of aryl methyl sites for hydroxylation is 2. The van der Waals surface area contributed by atoms with Crippen molar-refractivity contribution >= 4 is 16.8 Å². The molecule has 0 fully saturated rings. The maximum Gasteiger partial charge on any atom is 0.259 e. The first kappa shape index (κ1) is 23.9. The quantitative estimate of drug-likeness (QED) is 0.414. The van der Waals surface area contributed by atoms with Gasteiger partial charge in [0.05, 0.1) is 5.52 Å². The number of carbonyl (C=O) groups is 1. The zero-order valence-corrected chi connectivity index (χ0v) is 21.1. The molecule has 1 aliphatic heterocycles. The zero-order chi connectivity index (χ0) is 25.1. The number of aromatic nitrogens is 2. The SMILES string of the molecule is CCc1cccc2c(CN3CCOc4ccccc4Oc4ncccc4C(=O)N(C)CC3)cn(C)c12. The predicted octanol–water partition coefficient (Wildman–Crippen LogP) is 4.89. The van der Waals surface area contributed by atoms with Crippen LogP contribution >= 0.6 is 0 Å². The van der Waals surface area contributed by atoms with Gasteiger partial charge < -0.3 is 18.9 Å². The van der Waals surface area contributed by atoms with Gasteiger partial charge in [0.1, 0.15) is 12.2 Å². The fourth-order valence-electron chi connectivity index (χ4n) is 4.83. The van der Waals surface area contributed by atoms with Gasteiger partial charge in [-0.3, -0.25) is 9.69 Å². The van der Waals surface area contributed by atoms with Crippen LogP contribution in [0.5, 0.6) is 17.4 Å². The Kier molecular flexibility index (Phi) is 6.91. The van der Waals surface area contributed by atoms with Crippen LogP contribution in [0.1, 0.15) is 28.4 Å². The number of likely N-dealkylation sites (N-methyl/N-ethyl adjacent to an activating group) is 1. The molecule has 0 saturated carbocycles. The molecule has 7 heteroatoms. The Morgan fingerprint density at radius 2 is 1.75 bits per heavy atom. The van der Waals surface area contributed by atoms with E-state index in [2.05, 4.69) is 52.8 Å². The highest BCUT2D eigenvalue weighted by Crippen LogP contribution is 2.32. The summed E-state index contributed by atoms with van der Waals surface area (Å²) < 4.78 is 14.5. The van der Waals surface area contributed by atoms with Crippen molar-refractivity contribution in [3.8, 4) is 17.4 Å². The monoisotopic (exact) mass is 484 g/mol. The van der Waals surface area contributed by atoms with Crippen LogP contribution < -0.4 is 9.47 Å². The fourth-order valence-corrected chi connectivity index (χ4v) is 4.83. The number of ether oxygens (including phenoxy) is 2. The van der Waals surface area contributed by atoms with E-state index in [1.807, 2.05) is 31.3 Å². The van der Waals surface area contributed by atoms with Crippen molar-refractivity contribution in [2.24, 2.45) is 7.05 Å². The number of amides is 1. The standard InChI is InChI=1S/C29H32N4O3/c1-4-21-9-7-10-23-22(19-32(3)27(21)23)20-33-16-15-31(2)29(34)24-11-8-14-30-28(24)36-26-13-6-5-12-25(26)35-18-17-33/h5-14,19H,4,15-18,20H2,1-3H3. The van der Waals surface area contributed by atoms with Crippen molar-refractivity contribution in [3.05, 3.63) is 83.7 Å². The molecule has 0 saturated heterocycles. The smallest absolute Gasteiger partial charge is 0.259 e. The van der Waals surface area contributed by atoms with Crippen molar-refractivity contribution in [2.45, 2.75) is 19.9 Å². The molecule has 0 atom stereocenters. The molecule has 3 heterocycles. The Morgan fingerprint density at radius 3 is 2.58 bits per heavy atom. The maximum absolute atomic E-state index is 13.3. The molecule has 0 aliphatic carbocycles. The second-order valence-corrected chi connectivity index (χ2v) is 9.19.